The molecule has 1 fully saturated rings. The van der Waals surface area contributed by atoms with E-state index in [9.17, 15) is 14.7 Å². The predicted molar refractivity (Wildman–Crippen MR) is 172 cm³/mol. The Balaban J connectivity index is 1.33. The van der Waals surface area contributed by atoms with Gasteiger partial charge in [0.2, 0.25) is 5.91 Å². The Labute approximate surface area is 255 Å². The van der Waals surface area contributed by atoms with Crippen LogP contribution in [0.2, 0.25) is 0 Å². The van der Waals surface area contributed by atoms with Gasteiger partial charge in [0.1, 0.15) is 0 Å². The highest BCUT2D eigenvalue weighted by Gasteiger charge is 2.41. The van der Waals surface area contributed by atoms with E-state index in [1.165, 1.54) is 0 Å². The SMILES string of the molecule is Cc1cc([C@H]2[C@@H](c3ccccn3)NC(=S)N2CCC(=O)Nc2cccc3ccccc23)c(C)n1-c1ccccc1C(=O)O. The van der Waals surface area contributed by atoms with Crippen molar-refractivity contribution in [3.05, 3.63) is 125 Å². The molecule has 1 aliphatic rings. The number of carbonyl (C=O) groups is 2. The van der Waals surface area contributed by atoms with Crippen LogP contribution in [0.25, 0.3) is 16.5 Å². The van der Waals surface area contributed by atoms with Gasteiger partial charge in [0.15, 0.2) is 5.11 Å². The van der Waals surface area contributed by atoms with Crippen molar-refractivity contribution in [2.24, 2.45) is 0 Å². The number of para-hydroxylation sites is 1. The number of rotatable bonds is 8. The third kappa shape index (κ3) is 5.35. The molecule has 2 atom stereocenters. The molecule has 0 unspecified atom stereocenters. The van der Waals surface area contributed by atoms with Crippen molar-refractivity contribution < 1.29 is 14.7 Å². The van der Waals surface area contributed by atoms with E-state index in [-0.39, 0.29) is 30.0 Å². The lowest BCUT2D eigenvalue weighted by Crippen LogP contribution is -2.33. The lowest BCUT2D eigenvalue weighted by Gasteiger charge is -2.28. The second-order valence-electron chi connectivity index (χ2n) is 10.6. The normalized spacial score (nSPS) is 16.3. The van der Waals surface area contributed by atoms with Gasteiger partial charge >= 0.3 is 5.97 Å². The van der Waals surface area contributed by atoms with E-state index in [0.29, 0.717) is 17.3 Å². The summed E-state index contributed by atoms with van der Waals surface area (Å²) in [5.74, 6) is -1.10. The van der Waals surface area contributed by atoms with E-state index in [4.69, 9.17) is 12.2 Å². The van der Waals surface area contributed by atoms with Gasteiger partial charge in [-0.1, -0.05) is 54.6 Å². The molecule has 216 valence electrons. The first-order chi connectivity index (χ1) is 20.8. The highest BCUT2D eigenvalue weighted by atomic mass is 32.1. The van der Waals surface area contributed by atoms with Crippen molar-refractivity contribution in [3.8, 4) is 5.69 Å². The van der Waals surface area contributed by atoms with Crippen LogP contribution in [0.3, 0.4) is 0 Å². The molecule has 2 aromatic heterocycles. The third-order valence-corrected chi connectivity index (χ3v) is 8.36. The molecule has 0 radical (unpaired) electrons. The molecule has 3 aromatic carbocycles. The fourth-order valence-corrected chi connectivity index (χ4v) is 6.39. The average Bonchev–Trinajstić information content (AvgIpc) is 3.50. The maximum Gasteiger partial charge on any atom is 0.337 e. The summed E-state index contributed by atoms with van der Waals surface area (Å²) in [4.78, 5) is 32.0. The summed E-state index contributed by atoms with van der Waals surface area (Å²) < 4.78 is 1.97. The Kier molecular flexibility index (Phi) is 7.65. The Morgan fingerprint density at radius 1 is 0.977 bits per heavy atom. The molecule has 1 saturated heterocycles. The molecule has 0 saturated carbocycles. The molecule has 3 heterocycles. The minimum atomic E-state index is -0.987. The van der Waals surface area contributed by atoms with Gasteiger partial charge in [-0.25, -0.2) is 4.79 Å². The highest BCUT2D eigenvalue weighted by molar-refractivity contribution is 7.80. The zero-order valence-corrected chi connectivity index (χ0v) is 24.6. The van der Waals surface area contributed by atoms with Crippen LogP contribution in [0, 0.1) is 13.8 Å². The van der Waals surface area contributed by atoms with E-state index < -0.39 is 5.97 Å². The van der Waals surface area contributed by atoms with Gasteiger partial charge in [-0.05, 0) is 73.4 Å². The summed E-state index contributed by atoms with van der Waals surface area (Å²) in [6.07, 6.45) is 1.97. The number of benzene rings is 3. The number of fused-ring (bicyclic) bond motifs is 1. The first-order valence-corrected chi connectivity index (χ1v) is 14.5. The highest BCUT2D eigenvalue weighted by Crippen LogP contribution is 2.41. The molecule has 1 aliphatic heterocycles. The number of pyridine rings is 1. The minimum absolute atomic E-state index is 0.111. The van der Waals surface area contributed by atoms with Crippen LogP contribution in [0.4, 0.5) is 5.69 Å². The Morgan fingerprint density at radius 2 is 1.72 bits per heavy atom. The quantitative estimate of drug-likeness (QED) is 0.182. The van der Waals surface area contributed by atoms with E-state index in [1.54, 1.807) is 18.3 Å². The Morgan fingerprint density at radius 3 is 2.51 bits per heavy atom. The number of nitrogens with one attached hydrogen (secondary N) is 2. The number of anilines is 1. The van der Waals surface area contributed by atoms with Crippen LogP contribution in [0.5, 0.6) is 0 Å². The maximum absolute atomic E-state index is 13.3. The second kappa shape index (κ2) is 11.7. The molecular formula is C34H31N5O3S. The van der Waals surface area contributed by atoms with Gasteiger partial charge in [-0.2, -0.15) is 0 Å². The average molecular weight is 590 g/mol. The third-order valence-electron chi connectivity index (χ3n) is 8.01. The zero-order valence-electron chi connectivity index (χ0n) is 23.8. The van der Waals surface area contributed by atoms with Gasteiger partial charge in [-0.15, -0.1) is 0 Å². The fourth-order valence-electron chi connectivity index (χ4n) is 6.06. The summed E-state index contributed by atoms with van der Waals surface area (Å²) in [5, 5.41) is 19.0. The number of aromatic carboxylic acids is 1. The maximum atomic E-state index is 13.3. The summed E-state index contributed by atoms with van der Waals surface area (Å²) in [7, 11) is 0. The molecule has 0 spiro atoms. The number of carboxylic acids is 1. The summed E-state index contributed by atoms with van der Waals surface area (Å²) in [6, 6.07) is 28.1. The van der Waals surface area contributed by atoms with E-state index in [1.807, 2.05) is 96.1 Å². The topological polar surface area (TPSA) is 99.5 Å². The predicted octanol–water partition coefficient (Wildman–Crippen LogP) is 6.34. The monoisotopic (exact) mass is 589 g/mol. The number of hydrogen-bond acceptors (Lipinski definition) is 4. The van der Waals surface area contributed by atoms with Crippen LogP contribution in [-0.2, 0) is 4.79 Å². The van der Waals surface area contributed by atoms with Crippen LogP contribution in [-0.4, -0.2) is 43.1 Å². The first-order valence-electron chi connectivity index (χ1n) is 14.1. The van der Waals surface area contributed by atoms with Crippen LogP contribution in [0.15, 0.2) is 97.2 Å². The van der Waals surface area contributed by atoms with Gasteiger partial charge in [0, 0.05) is 41.6 Å². The molecule has 0 aliphatic carbocycles. The summed E-state index contributed by atoms with van der Waals surface area (Å²) in [6.45, 7) is 4.34. The van der Waals surface area contributed by atoms with Crippen LogP contribution in [0.1, 0.15) is 51.5 Å². The number of carbonyl (C=O) groups excluding carboxylic acids is 1. The zero-order chi connectivity index (χ0) is 30.1. The fraction of sp³-hybridized carbons (Fsp3) is 0.176. The molecule has 0 bridgehead atoms. The largest absolute Gasteiger partial charge is 0.478 e. The molecule has 5 aromatic rings. The van der Waals surface area contributed by atoms with E-state index >= 15 is 0 Å². The number of hydrogen-bond donors (Lipinski definition) is 3. The van der Waals surface area contributed by atoms with Crippen molar-refractivity contribution in [1.82, 2.24) is 19.8 Å². The van der Waals surface area contributed by atoms with E-state index in [0.717, 1.165) is 39.1 Å². The summed E-state index contributed by atoms with van der Waals surface area (Å²) >= 11 is 5.84. The van der Waals surface area contributed by atoms with Crippen molar-refractivity contribution in [1.29, 1.82) is 0 Å². The van der Waals surface area contributed by atoms with Crippen LogP contribution >= 0.6 is 12.2 Å². The number of amides is 1. The number of aryl methyl sites for hydroxylation is 1. The van der Waals surface area contributed by atoms with Crippen molar-refractivity contribution in [3.63, 3.8) is 0 Å². The van der Waals surface area contributed by atoms with Crippen LogP contribution < -0.4 is 10.6 Å². The van der Waals surface area contributed by atoms with E-state index in [2.05, 4.69) is 21.7 Å². The molecule has 8 nitrogen and oxygen atoms in total. The van der Waals surface area contributed by atoms with Crippen molar-refractivity contribution in [2.45, 2.75) is 32.4 Å². The number of aromatic nitrogens is 2. The smallest absolute Gasteiger partial charge is 0.337 e. The molecule has 9 heteroatoms. The van der Waals surface area contributed by atoms with Gasteiger partial charge < -0.3 is 25.2 Å². The molecule has 3 N–H and O–H groups in total. The molecule has 1 amide bonds. The minimum Gasteiger partial charge on any atom is -0.478 e. The second-order valence-corrected chi connectivity index (χ2v) is 11.0. The Bertz CT molecular complexity index is 1850. The lowest BCUT2D eigenvalue weighted by molar-refractivity contribution is -0.116. The number of thiocarbonyl (C=S) groups is 1. The standard InChI is InChI=1S/C34H31N5O3S/c1-21-20-26(22(2)39(21)29-16-6-5-13-25(29)33(41)42)32-31(28-14-7-8-18-35-28)37-34(43)38(32)19-17-30(40)36-27-15-9-11-23-10-3-4-12-24(23)27/h3-16,18,20,31-32H,17,19H2,1-2H3,(H,36,40)(H,37,43)(H,41,42)/t31-,32+/m1/s1. The summed E-state index contributed by atoms with van der Waals surface area (Å²) in [5.41, 5.74) is 5.19. The number of nitrogens with zero attached hydrogens (tertiary/aromatic N) is 3. The Hall–Kier alpha value is -5.02. The van der Waals surface area contributed by atoms with Crippen molar-refractivity contribution in [2.75, 3.05) is 11.9 Å². The van der Waals surface area contributed by atoms with Gasteiger partial charge in [0.05, 0.1) is 29.0 Å². The first kappa shape index (κ1) is 28.1. The van der Waals surface area contributed by atoms with Gasteiger partial charge in [0.25, 0.3) is 0 Å². The molecular weight excluding hydrogens is 558 g/mol. The molecule has 6 rings (SSSR count). The van der Waals surface area contributed by atoms with Gasteiger partial charge in [-0.3, -0.25) is 9.78 Å². The van der Waals surface area contributed by atoms with Crippen molar-refractivity contribution >= 4 is 45.7 Å². The molecule has 43 heavy (non-hydrogen) atoms. The lowest BCUT2D eigenvalue weighted by atomic mass is 9.96. The number of carboxylic acid groups (broad SMARTS) is 1.